The molecule has 0 aromatic carbocycles. The molecular formula is C17H26N4O. The van der Waals surface area contributed by atoms with E-state index in [1.807, 2.05) is 0 Å². The van der Waals surface area contributed by atoms with Crippen LogP contribution in [0.15, 0.2) is 12.7 Å². The van der Waals surface area contributed by atoms with Crippen molar-refractivity contribution in [1.29, 1.82) is 0 Å². The Hall–Kier alpha value is -1.39. The smallest absolute Gasteiger partial charge is 0.222 e. The first kappa shape index (κ1) is 14.2. The van der Waals surface area contributed by atoms with Crippen molar-refractivity contribution in [3.8, 4) is 0 Å². The van der Waals surface area contributed by atoms with Gasteiger partial charge in [0.05, 0.1) is 6.54 Å². The number of aromatic nitrogens is 3. The summed E-state index contributed by atoms with van der Waals surface area (Å²) in [7, 11) is 0. The minimum absolute atomic E-state index is 0.152. The summed E-state index contributed by atoms with van der Waals surface area (Å²) in [5, 5.41) is 7.35. The highest BCUT2D eigenvalue weighted by Crippen LogP contribution is 2.61. The molecule has 1 atom stereocenters. The van der Waals surface area contributed by atoms with Gasteiger partial charge in [-0.25, -0.2) is 4.98 Å². The second-order valence-electron chi connectivity index (χ2n) is 7.98. The molecule has 4 aliphatic carbocycles. The third kappa shape index (κ3) is 2.55. The Labute approximate surface area is 131 Å². The van der Waals surface area contributed by atoms with Crippen molar-refractivity contribution in [2.75, 3.05) is 0 Å². The van der Waals surface area contributed by atoms with Gasteiger partial charge in [0.15, 0.2) is 0 Å². The fourth-order valence-corrected chi connectivity index (χ4v) is 5.74. The van der Waals surface area contributed by atoms with E-state index in [0.29, 0.717) is 24.4 Å². The lowest BCUT2D eigenvalue weighted by atomic mass is 9.48. The first-order chi connectivity index (χ1) is 10.6. The van der Waals surface area contributed by atoms with Crippen LogP contribution in [-0.4, -0.2) is 26.7 Å². The third-order valence-corrected chi connectivity index (χ3v) is 6.42. The van der Waals surface area contributed by atoms with Gasteiger partial charge in [-0.1, -0.05) is 0 Å². The molecule has 1 aromatic rings. The summed E-state index contributed by atoms with van der Waals surface area (Å²) in [5.74, 6) is 2.95. The summed E-state index contributed by atoms with van der Waals surface area (Å²) < 4.78 is 1.72. The molecule has 1 amide bonds. The predicted octanol–water partition coefficient (Wildman–Crippen LogP) is 2.39. The molecule has 5 heteroatoms. The predicted molar refractivity (Wildman–Crippen MR) is 82.8 cm³/mol. The minimum Gasteiger partial charge on any atom is -0.353 e. The molecule has 0 saturated heterocycles. The fourth-order valence-electron chi connectivity index (χ4n) is 5.74. The second-order valence-corrected chi connectivity index (χ2v) is 7.98. The van der Waals surface area contributed by atoms with Gasteiger partial charge in [0.1, 0.15) is 12.7 Å². The molecule has 0 radical (unpaired) electrons. The van der Waals surface area contributed by atoms with Crippen LogP contribution in [0.1, 0.15) is 51.9 Å². The molecule has 5 rings (SSSR count). The van der Waals surface area contributed by atoms with Crippen LogP contribution in [0, 0.1) is 23.2 Å². The van der Waals surface area contributed by atoms with Gasteiger partial charge < -0.3 is 5.32 Å². The van der Waals surface area contributed by atoms with E-state index >= 15 is 0 Å². The molecule has 5 nitrogen and oxygen atoms in total. The van der Waals surface area contributed by atoms with E-state index in [-0.39, 0.29) is 5.91 Å². The van der Waals surface area contributed by atoms with Gasteiger partial charge in [-0.2, -0.15) is 5.10 Å². The normalized spacial score (nSPS) is 37.2. The number of carbonyl (C=O) groups is 1. The van der Waals surface area contributed by atoms with Crippen molar-refractivity contribution in [2.24, 2.45) is 23.2 Å². The Kier molecular flexibility index (Phi) is 3.46. The van der Waals surface area contributed by atoms with E-state index < -0.39 is 0 Å². The molecule has 120 valence electrons. The fraction of sp³-hybridized carbons (Fsp3) is 0.824. The van der Waals surface area contributed by atoms with Crippen LogP contribution in [0.3, 0.4) is 0 Å². The quantitative estimate of drug-likeness (QED) is 0.908. The lowest BCUT2D eigenvalue weighted by Crippen LogP contribution is -2.55. The lowest BCUT2D eigenvalue weighted by Gasteiger charge is -2.59. The molecule has 0 spiro atoms. The molecule has 1 N–H and O–H groups in total. The van der Waals surface area contributed by atoms with Gasteiger partial charge in [-0.15, -0.1) is 0 Å². The average Bonchev–Trinajstić information content (AvgIpc) is 2.97. The van der Waals surface area contributed by atoms with Gasteiger partial charge in [-0.3, -0.25) is 9.48 Å². The summed E-state index contributed by atoms with van der Waals surface area (Å²) in [6, 6.07) is 0.309. The molecule has 4 aliphatic rings. The zero-order valence-corrected chi connectivity index (χ0v) is 13.4. The van der Waals surface area contributed by atoms with Crippen LogP contribution in [-0.2, 0) is 11.3 Å². The van der Waals surface area contributed by atoms with Gasteiger partial charge in [0.2, 0.25) is 5.91 Å². The Bertz CT molecular complexity index is 504. The Morgan fingerprint density at radius 1 is 1.27 bits per heavy atom. The lowest BCUT2D eigenvalue weighted by molar-refractivity contribution is -0.126. The summed E-state index contributed by atoms with van der Waals surface area (Å²) in [6.45, 7) is 2.85. The highest BCUT2D eigenvalue weighted by Gasteiger charge is 2.53. The molecule has 1 heterocycles. The first-order valence-electron chi connectivity index (χ1n) is 8.75. The number of nitrogens with one attached hydrogen (secondary N) is 1. The van der Waals surface area contributed by atoms with Crippen LogP contribution in [0.5, 0.6) is 0 Å². The zero-order valence-electron chi connectivity index (χ0n) is 13.4. The zero-order chi connectivity index (χ0) is 15.2. The molecule has 1 unspecified atom stereocenters. The number of aryl methyl sites for hydroxylation is 1. The summed E-state index contributed by atoms with van der Waals surface area (Å²) in [6.07, 6.45) is 12.0. The van der Waals surface area contributed by atoms with Crippen LogP contribution in [0.25, 0.3) is 0 Å². The standard InChI is InChI=1S/C17H26N4O/c1-12(20-16(22)2-3-21-11-18-10-19-21)17-7-13-4-14(8-17)6-15(5-13)9-17/h10-15H,2-9H2,1H3,(H,20,22). The molecule has 4 bridgehead atoms. The molecule has 22 heavy (non-hydrogen) atoms. The summed E-state index contributed by atoms with van der Waals surface area (Å²) in [5.41, 5.74) is 0.387. The van der Waals surface area contributed by atoms with Crippen molar-refractivity contribution >= 4 is 5.91 Å². The van der Waals surface area contributed by atoms with Crippen molar-refractivity contribution < 1.29 is 4.79 Å². The monoisotopic (exact) mass is 302 g/mol. The maximum Gasteiger partial charge on any atom is 0.222 e. The highest BCUT2D eigenvalue weighted by atomic mass is 16.1. The van der Waals surface area contributed by atoms with Crippen LogP contribution in [0.4, 0.5) is 0 Å². The number of hydrogen-bond acceptors (Lipinski definition) is 3. The number of nitrogens with zero attached hydrogens (tertiary/aromatic N) is 3. The van der Waals surface area contributed by atoms with Gasteiger partial charge >= 0.3 is 0 Å². The third-order valence-electron chi connectivity index (χ3n) is 6.42. The Morgan fingerprint density at radius 2 is 1.91 bits per heavy atom. The van der Waals surface area contributed by atoms with E-state index in [1.165, 1.54) is 44.9 Å². The molecule has 1 aromatic heterocycles. The molecule has 4 fully saturated rings. The van der Waals surface area contributed by atoms with E-state index in [1.54, 1.807) is 11.0 Å². The van der Waals surface area contributed by atoms with E-state index in [4.69, 9.17) is 0 Å². The number of amides is 1. The van der Waals surface area contributed by atoms with Gasteiger partial charge in [0, 0.05) is 12.5 Å². The molecular weight excluding hydrogens is 276 g/mol. The number of hydrogen-bond donors (Lipinski definition) is 1. The highest BCUT2D eigenvalue weighted by molar-refractivity contribution is 5.76. The van der Waals surface area contributed by atoms with Gasteiger partial charge in [-0.05, 0) is 68.6 Å². The summed E-state index contributed by atoms with van der Waals surface area (Å²) >= 11 is 0. The second kappa shape index (κ2) is 5.36. The minimum atomic E-state index is 0.152. The van der Waals surface area contributed by atoms with E-state index in [0.717, 1.165) is 17.8 Å². The van der Waals surface area contributed by atoms with Crippen LogP contribution in [0.2, 0.25) is 0 Å². The molecule has 0 aliphatic heterocycles. The van der Waals surface area contributed by atoms with Crippen molar-refractivity contribution in [1.82, 2.24) is 20.1 Å². The SMILES string of the molecule is CC(NC(=O)CCn1cncn1)C12CC3CC(CC(C3)C1)C2. The Balaban J connectivity index is 1.35. The Morgan fingerprint density at radius 3 is 2.45 bits per heavy atom. The van der Waals surface area contributed by atoms with E-state index in [9.17, 15) is 4.79 Å². The molecule has 4 saturated carbocycles. The first-order valence-corrected chi connectivity index (χ1v) is 8.75. The maximum absolute atomic E-state index is 12.3. The summed E-state index contributed by atoms with van der Waals surface area (Å²) in [4.78, 5) is 16.2. The van der Waals surface area contributed by atoms with Gasteiger partial charge in [0.25, 0.3) is 0 Å². The largest absolute Gasteiger partial charge is 0.353 e. The number of carbonyl (C=O) groups excluding carboxylic acids is 1. The topological polar surface area (TPSA) is 59.8 Å². The average molecular weight is 302 g/mol. The number of rotatable bonds is 5. The van der Waals surface area contributed by atoms with Crippen LogP contribution < -0.4 is 5.32 Å². The van der Waals surface area contributed by atoms with Crippen LogP contribution >= 0.6 is 0 Å². The van der Waals surface area contributed by atoms with Crippen molar-refractivity contribution in [2.45, 2.75) is 64.5 Å². The maximum atomic E-state index is 12.3. The van der Waals surface area contributed by atoms with E-state index in [2.05, 4.69) is 22.3 Å². The van der Waals surface area contributed by atoms with Crippen molar-refractivity contribution in [3.05, 3.63) is 12.7 Å². The van der Waals surface area contributed by atoms with Crippen molar-refractivity contribution in [3.63, 3.8) is 0 Å².